The normalized spacial score (nSPS) is 11.1. The van der Waals surface area contributed by atoms with Crippen molar-refractivity contribution in [3.8, 4) is 11.5 Å². The maximum absolute atomic E-state index is 5.64. The van der Waals surface area contributed by atoms with Crippen LogP contribution in [0.25, 0.3) is 0 Å². The monoisotopic (exact) mass is 207 g/mol. The Kier molecular flexibility index (Phi) is 3.58. The van der Waals surface area contributed by atoms with Crippen molar-refractivity contribution in [2.75, 3.05) is 6.61 Å². The van der Waals surface area contributed by atoms with Crippen LogP contribution >= 0.6 is 0 Å². The van der Waals surface area contributed by atoms with Crippen LogP contribution in [0.3, 0.4) is 0 Å². The fourth-order valence-electron chi connectivity index (χ4n) is 0.948. The third-order valence-electron chi connectivity index (χ3n) is 1.62. The molecule has 0 heterocycles. The summed E-state index contributed by atoms with van der Waals surface area (Å²) in [4.78, 5) is 0. The van der Waals surface area contributed by atoms with E-state index in [4.69, 9.17) is 9.16 Å². The van der Waals surface area contributed by atoms with Crippen molar-refractivity contribution in [2.24, 2.45) is 5.41 Å². The maximum atomic E-state index is 5.64. The van der Waals surface area contributed by atoms with Crippen LogP contribution in [0.15, 0.2) is 24.3 Å². The van der Waals surface area contributed by atoms with Gasteiger partial charge >= 0.3 is 10.5 Å². The van der Waals surface area contributed by atoms with Gasteiger partial charge in [-0.15, -0.1) is 0 Å². The van der Waals surface area contributed by atoms with Gasteiger partial charge in [-0.1, -0.05) is 32.9 Å². The number of hydrogen-bond donors (Lipinski definition) is 0. The van der Waals surface area contributed by atoms with E-state index in [0.717, 1.165) is 5.75 Å². The molecule has 0 amide bonds. The standard InChI is InChI=1S/C11H15O2Si/c1-11(2,3)8-12-9-6-4-5-7-10(9)13-14/h4-7H,8H2,1-3H3. The molecule has 3 heteroatoms. The molecule has 0 aliphatic carbocycles. The van der Waals surface area contributed by atoms with Crippen molar-refractivity contribution < 1.29 is 9.16 Å². The van der Waals surface area contributed by atoms with E-state index in [2.05, 4.69) is 31.3 Å². The highest BCUT2D eigenvalue weighted by Gasteiger charge is 2.12. The van der Waals surface area contributed by atoms with Crippen LogP contribution in [0.1, 0.15) is 20.8 Å². The molecular weight excluding hydrogens is 192 g/mol. The van der Waals surface area contributed by atoms with Crippen LogP contribution in [-0.2, 0) is 0 Å². The average molecular weight is 207 g/mol. The first-order chi connectivity index (χ1) is 6.53. The summed E-state index contributed by atoms with van der Waals surface area (Å²) >= 11 is 0. The molecule has 1 aromatic carbocycles. The van der Waals surface area contributed by atoms with Crippen molar-refractivity contribution >= 4 is 10.5 Å². The van der Waals surface area contributed by atoms with Crippen LogP contribution in [0.4, 0.5) is 0 Å². The fraction of sp³-hybridized carbons (Fsp3) is 0.455. The van der Waals surface area contributed by atoms with E-state index in [1.54, 1.807) is 0 Å². The van der Waals surface area contributed by atoms with Gasteiger partial charge in [-0.3, -0.25) is 0 Å². The lowest BCUT2D eigenvalue weighted by Crippen LogP contribution is -2.17. The van der Waals surface area contributed by atoms with Crippen molar-refractivity contribution in [3.05, 3.63) is 24.3 Å². The molecule has 0 bridgehead atoms. The third kappa shape index (κ3) is 3.42. The van der Waals surface area contributed by atoms with Gasteiger partial charge in [0.1, 0.15) is 5.75 Å². The van der Waals surface area contributed by atoms with Gasteiger partial charge < -0.3 is 9.16 Å². The molecule has 0 aliphatic heterocycles. The fourth-order valence-corrected chi connectivity index (χ4v) is 1.12. The van der Waals surface area contributed by atoms with Gasteiger partial charge in [0.2, 0.25) is 0 Å². The van der Waals surface area contributed by atoms with E-state index in [1.165, 1.54) is 0 Å². The van der Waals surface area contributed by atoms with E-state index in [-0.39, 0.29) is 5.41 Å². The summed E-state index contributed by atoms with van der Waals surface area (Å²) < 4.78 is 10.6. The smallest absolute Gasteiger partial charge is 0.341 e. The van der Waals surface area contributed by atoms with Crippen LogP contribution < -0.4 is 9.16 Å². The minimum Gasteiger partial charge on any atom is -0.538 e. The number of rotatable bonds is 3. The summed E-state index contributed by atoms with van der Waals surface area (Å²) in [5.41, 5.74) is 0.152. The number of ether oxygens (including phenoxy) is 1. The Morgan fingerprint density at radius 3 is 2.21 bits per heavy atom. The molecule has 0 saturated heterocycles. The van der Waals surface area contributed by atoms with Gasteiger partial charge in [-0.05, 0) is 17.5 Å². The second kappa shape index (κ2) is 4.51. The highest BCUT2D eigenvalue weighted by molar-refractivity contribution is 6.00. The van der Waals surface area contributed by atoms with Crippen molar-refractivity contribution in [1.82, 2.24) is 0 Å². The predicted octanol–water partition coefficient (Wildman–Crippen LogP) is 2.57. The Morgan fingerprint density at radius 2 is 1.71 bits per heavy atom. The zero-order valence-electron chi connectivity index (χ0n) is 8.83. The van der Waals surface area contributed by atoms with E-state index >= 15 is 0 Å². The number of para-hydroxylation sites is 2. The zero-order valence-corrected chi connectivity index (χ0v) is 9.83. The second-order valence-electron chi connectivity index (χ2n) is 4.40. The van der Waals surface area contributed by atoms with Crippen LogP contribution in [-0.4, -0.2) is 17.1 Å². The molecule has 0 aromatic heterocycles. The van der Waals surface area contributed by atoms with Crippen molar-refractivity contribution in [1.29, 1.82) is 0 Å². The highest BCUT2D eigenvalue weighted by atomic mass is 28.2. The molecule has 14 heavy (non-hydrogen) atoms. The van der Waals surface area contributed by atoms with E-state index < -0.39 is 0 Å². The van der Waals surface area contributed by atoms with E-state index in [0.29, 0.717) is 12.4 Å². The summed E-state index contributed by atoms with van der Waals surface area (Å²) in [6.07, 6.45) is 0. The van der Waals surface area contributed by atoms with E-state index in [9.17, 15) is 0 Å². The van der Waals surface area contributed by atoms with Crippen molar-refractivity contribution in [2.45, 2.75) is 20.8 Å². The summed E-state index contributed by atoms with van der Waals surface area (Å²) in [6.45, 7) is 7.05. The molecule has 0 saturated carbocycles. The van der Waals surface area contributed by atoms with Gasteiger partial charge in [0, 0.05) is 0 Å². The van der Waals surface area contributed by atoms with Gasteiger partial charge in [0.05, 0.1) is 6.61 Å². The first-order valence-corrected chi connectivity index (χ1v) is 4.99. The lowest BCUT2D eigenvalue weighted by Gasteiger charge is -2.19. The zero-order chi connectivity index (χ0) is 10.6. The molecule has 75 valence electrons. The molecule has 0 N–H and O–H groups in total. The SMILES string of the molecule is CC(C)(C)COc1ccccc1O[Si]. The predicted molar refractivity (Wildman–Crippen MR) is 57.8 cm³/mol. The maximum Gasteiger partial charge on any atom is 0.341 e. The lowest BCUT2D eigenvalue weighted by atomic mass is 9.99. The minimum absolute atomic E-state index is 0.152. The Morgan fingerprint density at radius 1 is 1.14 bits per heavy atom. The molecule has 3 radical (unpaired) electrons. The van der Waals surface area contributed by atoms with E-state index in [1.807, 2.05) is 24.3 Å². The molecule has 0 atom stereocenters. The van der Waals surface area contributed by atoms with Gasteiger partial charge in [0.25, 0.3) is 0 Å². The molecule has 0 unspecified atom stereocenters. The average Bonchev–Trinajstić information content (AvgIpc) is 2.14. The van der Waals surface area contributed by atoms with Crippen LogP contribution in [0, 0.1) is 5.41 Å². The molecule has 0 spiro atoms. The van der Waals surface area contributed by atoms with Crippen LogP contribution in [0.5, 0.6) is 11.5 Å². The number of benzene rings is 1. The number of hydrogen-bond acceptors (Lipinski definition) is 2. The minimum atomic E-state index is 0.152. The molecule has 0 fully saturated rings. The van der Waals surface area contributed by atoms with Gasteiger partial charge in [-0.2, -0.15) is 0 Å². The molecule has 1 rings (SSSR count). The molecule has 1 aromatic rings. The molecule has 0 aliphatic rings. The Balaban J connectivity index is 2.67. The van der Waals surface area contributed by atoms with Crippen molar-refractivity contribution in [3.63, 3.8) is 0 Å². The quantitative estimate of drug-likeness (QED) is 0.709. The second-order valence-corrected chi connectivity index (χ2v) is 4.60. The topological polar surface area (TPSA) is 18.5 Å². The van der Waals surface area contributed by atoms with Crippen LogP contribution in [0.2, 0.25) is 0 Å². The first-order valence-electron chi connectivity index (χ1n) is 4.58. The Hall–Kier alpha value is -0.963. The summed E-state index contributed by atoms with van der Waals surface area (Å²) in [7, 11) is 3.00. The Labute approximate surface area is 88.8 Å². The Bertz CT molecular complexity index is 292. The van der Waals surface area contributed by atoms with Gasteiger partial charge in [0.15, 0.2) is 5.75 Å². The summed E-state index contributed by atoms with van der Waals surface area (Å²) in [5.74, 6) is 1.46. The molecule has 2 nitrogen and oxygen atoms in total. The first kappa shape index (κ1) is 11.1. The third-order valence-corrected chi connectivity index (χ3v) is 1.84. The highest BCUT2D eigenvalue weighted by Crippen LogP contribution is 2.27. The summed E-state index contributed by atoms with van der Waals surface area (Å²) in [6, 6.07) is 7.57. The largest absolute Gasteiger partial charge is 0.538 e. The lowest BCUT2D eigenvalue weighted by molar-refractivity contribution is 0.194. The molecular formula is C11H15O2Si. The summed E-state index contributed by atoms with van der Waals surface area (Å²) in [5, 5.41) is 0. The van der Waals surface area contributed by atoms with Gasteiger partial charge in [-0.25, -0.2) is 0 Å².